The van der Waals surface area contributed by atoms with Gasteiger partial charge in [-0.15, -0.1) is 0 Å². The Hall–Kier alpha value is -1.96. The molecule has 1 saturated heterocycles. The molecule has 0 spiro atoms. The SMILES string of the molecule is CN(Cc1ccccc1Cl)C(=O)C1CCCN(S(=O)(=O)c2ccc(F)cc2)C1. The molecule has 1 atom stereocenters. The minimum absolute atomic E-state index is 0.0337. The lowest BCUT2D eigenvalue weighted by atomic mass is 9.98. The second-order valence-corrected chi connectivity index (χ2v) is 9.29. The minimum atomic E-state index is -3.76. The number of sulfonamides is 1. The number of benzene rings is 2. The van der Waals surface area contributed by atoms with Gasteiger partial charge >= 0.3 is 0 Å². The van der Waals surface area contributed by atoms with E-state index in [1.165, 1.54) is 16.4 Å². The molecule has 5 nitrogen and oxygen atoms in total. The van der Waals surface area contributed by atoms with Gasteiger partial charge in [0.1, 0.15) is 5.82 Å². The van der Waals surface area contributed by atoms with E-state index in [0.717, 1.165) is 17.7 Å². The number of hydrogen-bond acceptors (Lipinski definition) is 3. The predicted molar refractivity (Wildman–Crippen MR) is 106 cm³/mol. The van der Waals surface area contributed by atoms with Crippen molar-refractivity contribution in [2.45, 2.75) is 24.3 Å². The largest absolute Gasteiger partial charge is 0.341 e. The van der Waals surface area contributed by atoms with Crippen molar-refractivity contribution >= 4 is 27.5 Å². The van der Waals surface area contributed by atoms with Crippen LogP contribution in [-0.2, 0) is 21.4 Å². The van der Waals surface area contributed by atoms with Crippen molar-refractivity contribution in [1.29, 1.82) is 0 Å². The Kier molecular flexibility index (Phi) is 6.37. The quantitative estimate of drug-likeness (QED) is 0.737. The fraction of sp³-hybridized carbons (Fsp3) is 0.350. The molecular weight excluding hydrogens is 403 g/mol. The number of rotatable bonds is 5. The zero-order valence-corrected chi connectivity index (χ0v) is 17.1. The van der Waals surface area contributed by atoms with Gasteiger partial charge in [0.25, 0.3) is 0 Å². The zero-order valence-electron chi connectivity index (χ0n) is 15.5. The Labute approximate surface area is 169 Å². The van der Waals surface area contributed by atoms with Crippen molar-refractivity contribution < 1.29 is 17.6 Å². The van der Waals surface area contributed by atoms with Crippen molar-refractivity contribution in [3.63, 3.8) is 0 Å². The van der Waals surface area contributed by atoms with E-state index in [4.69, 9.17) is 11.6 Å². The van der Waals surface area contributed by atoms with Crippen LogP contribution < -0.4 is 0 Å². The molecule has 28 heavy (non-hydrogen) atoms. The fourth-order valence-electron chi connectivity index (χ4n) is 3.39. The summed E-state index contributed by atoms with van der Waals surface area (Å²) in [6.45, 7) is 0.822. The summed E-state index contributed by atoms with van der Waals surface area (Å²) in [6.07, 6.45) is 1.22. The molecule has 0 bridgehead atoms. The average Bonchev–Trinajstić information content (AvgIpc) is 2.69. The molecule has 1 aliphatic heterocycles. The van der Waals surface area contributed by atoms with E-state index >= 15 is 0 Å². The highest BCUT2D eigenvalue weighted by molar-refractivity contribution is 7.89. The maximum absolute atomic E-state index is 13.1. The first-order valence-electron chi connectivity index (χ1n) is 9.03. The monoisotopic (exact) mass is 424 g/mol. The molecule has 3 rings (SSSR count). The van der Waals surface area contributed by atoms with Gasteiger partial charge in [-0.2, -0.15) is 4.31 Å². The van der Waals surface area contributed by atoms with Crippen LogP contribution in [0.3, 0.4) is 0 Å². The lowest BCUT2D eigenvalue weighted by molar-refractivity contribution is -0.135. The van der Waals surface area contributed by atoms with E-state index in [9.17, 15) is 17.6 Å². The molecule has 2 aromatic rings. The maximum atomic E-state index is 13.1. The lowest BCUT2D eigenvalue weighted by Gasteiger charge is -2.33. The van der Waals surface area contributed by atoms with Gasteiger partial charge in [0.15, 0.2) is 0 Å². The first-order chi connectivity index (χ1) is 13.3. The minimum Gasteiger partial charge on any atom is -0.341 e. The third-order valence-electron chi connectivity index (χ3n) is 4.93. The van der Waals surface area contributed by atoms with Gasteiger partial charge in [0, 0.05) is 31.7 Å². The van der Waals surface area contributed by atoms with Crippen molar-refractivity contribution in [1.82, 2.24) is 9.21 Å². The summed E-state index contributed by atoms with van der Waals surface area (Å²) in [5.74, 6) is -1.03. The topological polar surface area (TPSA) is 57.7 Å². The molecule has 8 heteroatoms. The van der Waals surface area contributed by atoms with E-state index in [1.54, 1.807) is 18.0 Å². The van der Waals surface area contributed by atoms with Gasteiger partial charge in [0.2, 0.25) is 15.9 Å². The number of carbonyl (C=O) groups is 1. The molecule has 1 amide bonds. The molecule has 0 aromatic heterocycles. The maximum Gasteiger partial charge on any atom is 0.243 e. The first kappa shape index (κ1) is 20.8. The van der Waals surface area contributed by atoms with Crippen LogP contribution in [0.1, 0.15) is 18.4 Å². The molecule has 150 valence electrons. The van der Waals surface area contributed by atoms with Crippen LogP contribution in [0.4, 0.5) is 4.39 Å². The third-order valence-corrected chi connectivity index (χ3v) is 7.17. The molecule has 0 saturated carbocycles. The summed E-state index contributed by atoms with van der Waals surface area (Å²) in [5, 5.41) is 0.589. The average molecular weight is 425 g/mol. The van der Waals surface area contributed by atoms with Crippen LogP contribution in [-0.4, -0.2) is 43.7 Å². The fourth-order valence-corrected chi connectivity index (χ4v) is 5.11. The summed E-state index contributed by atoms with van der Waals surface area (Å²) in [7, 11) is -2.07. The number of piperidine rings is 1. The smallest absolute Gasteiger partial charge is 0.243 e. The molecule has 0 N–H and O–H groups in total. The van der Waals surface area contributed by atoms with Gasteiger partial charge in [-0.3, -0.25) is 4.79 Å². The number of halogens is 2. The lowest BCUT2D eigenvalue weighted by Crippen LogP contribution is -2.45. The Morgan fingerprint density at radius 2 is 1.89 bits per heavy atom. The standard InChI is InChI=1S/C20H22ClFN2O3S/c1-23(13-15-5-2-3-7-19(15)21)20(25)16-6-4-12-24(14-16)28(26,27)18-10-8-17(22)9-11-18/h2-3,5,7-11,16H,4,6,12-14H2,1H3. The number of hydrogen-bond donors (Lipinski definition) is 0. The number of amides is 1. The Balaban J connectivity index is 1.71. The van der Waals surface area contributed by atoms with Gasteiger partial charge in [-0.1, -0.05) is 29.8 Å². The van der Waals surface area contributed by atoms with Crippen molar-refractivity contribution in [2.75, 3.05) is 20.1 Å². The second-order valence-electron chi connectivity index (χ2n) is 6.94. The van der Waals surface area contributed by atoms with E-state index in [1.807, 2.05) is 18.2 Å². The molecule has 0 aliphatic carbocycles. The van der Waals surface area contributed by atoms with Gasteiger partial charge in [0.05, 0.1) is 10.8 Å². The van der Waals surface area contributed by atoms with Crippen LogP contribution >= 0.6 is 11.6 Å². The molecular formula is C20H22ClFN2O3S. The number of nitrogens with zero attached hydrogens (tertiary/aromatic N) is 2. The second kappa shape index (κ2) is 8.59. The van der Waals surface area contributed by atoms with E-state index < -0.39 is 21.8 Å². The highest BCUT2D eigenvalue weighted by atomic mass is 35.5. The first-order valence-corrected chi connectivity index (χ1v) is 10.8. The van der Waals surface area contributed by atoms with Gasteiger partial charge in [-0.05, 0) is 48.7 Å². The summed E-state index contributed by atoms with van der Waals surface area (Å²) in [4.78, 5) is 14.5. The van der Waals surface area contributed by atoms with Crippen LogP contribution in [0.15, 0.2) is 53.4 Å². The highest BCUT2D eigenvalue weighted by Crippen LogP contribution is 2.26. The Bertz CT molecular complexity index is 950. The summed E-state index contributed by atoms with van der Waals surface area (Å²) >= 11 is 6.17. The predicted octanol–water partition coefficient (Wildman–Crippen LogP) is 3.54. The van der Waals surface area contributed by atoms with Gasteiger partial charge in [-0.25, -0.2) is 12.8 Å². The van der Waals surface area contributed by atoms with Crippen LogP contribution in [0, 0.1) is 11.7 Å². The third kappa shape index (κ3) is 4.54. The Morgan fingerprint density at radius 3 is 2.57 bits per heavy atom. The molecule has 0 radical (unpaired) electrons. The van der Waals surface area contributed by atoms with Crippen molar-refractivity contribution in [2.24, 2.45) is 5.92 Å². The summed E-state index contributed by atoms with van der Waals surface area (Å²) < 4.78 is 40.1. The van der Waals surface area contributed by atoms with Crippen LogP contribution in [0.2, 0.25) is 5.02 Å². The normalized spacial score (nSPS) is 18.0. The zero-order chi connectivity index (χ0) is 20.3. The van der Waals surface area contributed by atoms with Crippen molar-refractivity contribution in [3.8, 4) is 0 Å². The molecule has 1 aliphatic rings. The van der Waals surface area contributed by atoms with Crippen molar-refractivity contribution in [3.05, 3.63) is 64.9 Å². The Morgan fingerprint density at radius 1 is 1.21 bits per heavy atom. The van der Waals surface area contributed by atoms with E-state index in [-0.39, 0.29) is 17.3 Å². The van der Waals surface area contributed by atoms with E-state index in [0.29, 0.717) is 31.0 Å². The molecule has 1 heterocycles. The van der Waals surface area contributed by atoms with Crippen LogP contribution in [0.5, 0.6) is 0 Å². The molecule has 1 unspecified atom stereocenters. The van der Waals surface area contributed by atoms with Crippen LogP contribution in [0.25, 0.3) is 0 Å². The molecule has 2 aromatic carbocycles. The molecule has 1 fully saturated rings. The highest BCUT2D eigenvalue weighted by Gasteiger charge is 2.34. The summed E-state index contributed by atoms with van der Waals surface area (Å²) in [5.41, 5.74) is 0.839. The van der Waals surface area contributed by atoms with E-state index in [2.05, 4.69) is 0 Å². The number of carbonyl (C=O) groups excluding carboxylic acids is 1. The summed E-state index contributed by atoms with van der Waals surface area (Å²) in [6, 6.07) is 12.1. The van der Waals surface area contributed by atoms with Gasteiger partial charge < -0.3 is 4.90 Å².